The van der Waals surface area contributed by atoms with Crippen molar-refractivity contribution in [1.82, 2.24) is 0 Å². The average Bonchev–Trinajstić information content (AvgIpc) is 2.80. The maximum absolute atomic E-state index is 10.3. The van der Waals surface area contributed by atoms with Gasteiger partial charge in [-0.2, -0.15) is 0 Å². The van der Waals surface area contributed by atoms with Crippen molar-refractivity contribution in [2.24, 2.45) is 0 Å². The van der Waals surface area contributed by atoms with Crippen LogP contribution in [0.2, 0.25) is 0 Å². The normalized spacial score (nSPS) is 8.12. The SMILES string of the molecule is C=CC(=O)OCC.C=CC(=O)OCCCC.C=CC(=O)OCCOC.C=COC(=O)CCl. The van der Waals surface area contributed by atoms with E-state index in [9.17, 15) is 19.2 Å². The van der Waals surface area contributed by atoms with Gasteiger partial charge in [-0.15, -0.1) is 11.6 Å². The topological polar surface area (TPSA) is 114 Å². The number of halogens is 1. The molecule has 0 radical (unpaired) electrons. The highest BCUT2D eigenvalue weighted by molar-refractivity contribution is 6.26. The van der Waals surface area contributed by atoms with Gasteiger partial charge in [0.15, 0.2) is 0 Å². The molecular weight excluding hydrogens is 444 g/mol. The molecular formula is C22H35ClO9. The highest BCUT2D eigenvalue weighted by Gasteiger charge is 1.93. The smallest absolute Gasteiger partial charge is 0.330 e. The third kappa shape index (κ3) is 41.5. The van der Waals surface area contributed by atoms with E-state index in [0.717, 1.165) is 31.3 Å². The molecule has 0 saturated heterocycles. The highest BCUT2D eigenvalue weighted by atomic mass is 35.5. The van der Waals surface area contributed by atoms with Crippen LogP contribution in [0.3, 0.4) is 0 Å². The quantitative estimate of drug-likeness (QED) is 0.104. The molecule has 0 aromatic carbocycles. The van der Waals surface area contributed by atoms with Crippen molar-refractivity contribution in [3.05, 3.63) is 50.8 Å². The number of rotatable bonds is 12. The molecule has 10 heteroatoms. The summed E-state index contributed by atoms with van der Waals surface area (Å²) in [6, 6.07) is 0. The number of methoxy groups -OCH3 is 1. The van der Waals surface area contributed by atoms with Crippen molar-refractivity contribution < 1.29 is 42.9 Å². The molecule has 32 heavy (non-hydrogen) atoms. The molecule has 0 bridgehead atoms. The molecule has 0 atom stereocenters. The Morgan fingerprint density at radius 1 is 0.781 bits per heavy atom. The van der Waals surface area contributed by atoms with Crippen LogP contribution in [0.4, 0.5) is 0 Å². The highest BCUT2D eigenvalue weighted by Crippen LogP contribution is 1.88. The number of unbranched alkanes of at least 4 members (excludes halogenated alkanes) is 1. The molecule has 0 spiro atoms. The van der Waals surface area contributed by atoms with E-state index >= 15 is 0 Å². The first kappa shape index (κ1) is 36.5. The van der Waals surface area contributed by atoms with Gasteiger partial charge in [-0.1, -0.05) is 39.7 Å². The molecule has 0 saturated carbocycles. The van der Waals surface area contributed by atoms with E-state index in [1.807, 2.05) is 6.92 Å². The molecule has 0 aromatic heterocycles. The Labute approximate surface area is 195 Å². The molecule has 0 heterocycles. The number of ether oxygens (including phenoxy) is 5. The Morgan fingerprint density at radius 3 is 1.53 bits per heavy atom. The second-order valence-electron chi connectivity index (χ2n) is 4.84. The van der Waals surface area contributed by atoms with Crippen molar-refractivity contribution in [1.29, 1.82) is 0 Å². The van der Waals surface area contributed by atoms with Crippen molar-refractivity contribution in [2.75, 3.05) is 39.4 Å². The van der Waals surface area contributed by atoms with Crippen LogP contribution in [-0.4, -0.2) is 63.3 Å². The van der Waals surface area contributed by atoms with Crippen molar-refractivity contribution in [3.8, 4) is 0 Å². The number of carbonyl (C=O) groups excluding carboxylic acids is 4. The Bertz CT molecular complexity index is 520. The van der Waals surface area contributed by atoms with Gasteiger partial charge in [0.05, 0.1) is 26.1 Å². The van der Waals surface area contributed by atoms with E-state index in [1.54, 1.807) is 14.0 Å². The van der Waals surface area contributed by atoms with E-state index in [-0.39, 0.29) is 17.8 Å². The lowest BCUT2D eigenvalue weighted by Gasteiger charge is -1.98. The van der Waals surface area contributed by atoms with Crippen LogP contribution in [0.5, 0.6) is 0 Å². The predicted molar refractivity (Wildman–Crippen MR) is 123 cm³/mol. The van der Waals surface area contributed by atoms with Crippen molar-refractivity contribution in [3.63, 3.8) is 0 Å². The van der Waals surface area contributed by atoms with Gasteiger partial charge < -0.3 is 23.7 Å². The van der Waals surface area contributed by atoms with Gasteiger partial charge in [0.25, 0.3) is 0 Å². The second-order valence-corrected chi connectivity index (χ2v) is 5.10. The lowest BCUT2D eigenvalue weighted by atomic mass is 10.4. The number of carbonyl (C=O) groups is 4. The number of hydrogen-bond acceptors (Lipinski definition) is 9. The van der Waals surface area contributed by atoms with Crippen LogP contribution >= 0.6 is 11.6 Å². The monoisotopic (exact) mass is 478 g/mol. The fraction of sp³-hybridized carbons (Fsp3) is 0.455. The zero-order valence-corrected chi connectivity index (χ0v) is 19.9. The van der Waals surface area contributed by atoms with Crippen LogP contribution in [0.15, 0.2) is 50.8 Å². The minimum Gasteiger partial charge on any atom is -0.463 e. The van der Waals surface area contributed by atoms with Crippen LogP contribution in [-0.2, 0) is 42.9 Å². The van der Waals surface area contributed by atoms with Gasteiger partial charge in [0.2, 0.25) is 0 Å². The van der Waals surface area contributed by atoms with E-state index in [0.29, 0.717) is 26.4 Å². The summed E-state index contributed by atoms with van der Waals surface area (Å²) >= 11 is 5.01. The first-order chi connectivity index (χ1) is 15.2. The van der Waals surface area contributed by atoms with Gasteiger partial charge in [0, 0.05) is 25.3 Å². The van der Waals surface area contributed by atoms with Crippen molar-refractivity contribution in [2.45, 2.75) is 26.7 Å². The zero-order chi connectivity index (χ0) is 25.6. The van der Waals surface area contributed by atoms with Gasteiger partial charge >= 0.3 is 23.9 Å². The number of esters is 4. The maximum atomic E-state index is 10.3. The summed E-state index contributed by atoms with van der Waals surface area (Å²) in [6.45, 7) is 18.3. The molecule has 0 rings (SSSR count). The minimum absolute atomic E-state index is 0.119. The van der Waals surface area contributed by atoms with Gasteiger partial charge in [0.1, 0.15) is 12.5 Å². The summed E-state index contributed by atoms with van der Waals surface area (Å²) in [5, 5.41) is 0. The molecule has 0 N–H and O–H groups in total. The van der Waals surface area contributed by atoms with Gasteiger partial charge in [-0.3, -0.25) is 4.79 Å². The largest absolute Gasteiger partial charge is 0.463 e. The second kappa shape index (κ2) is 32.7. The van der Waals surface area contributed by atoms with Crippen molar-refractivity contribution >= 4 is 35.5 Å². The minimum atomic E-state index is -0.475. The Kier molecular flexibility index (Phi) is 37.3. The molecule has 0 aliphatic heterocycles. The van der Waals surface area contributed by atoms with Crippen LogP contribution in [0.1, 0.15) is 26.7 Å². The number of alkyl halides is 1. The van der Waals surface area contributed by atoms with E-state index in [1.165, 1.54) is 6.08 Å². The van der Waals surface area contributed by atoms with Crippen LogP contribution < -0.4 is 0 Å². The number of hydrogen-bond donors (Lipinski definition) is 0. The molecule has 0 aliphatic carbocycles. The average molecular weight is 479 g/mol. The molecule has 0 fully saturated rings. The lowest BCUT2D eigenvalue weighted by molar-refractivity contribution is -0.139. The standard InChI is InChI=1S/C7H12O2.C6H10O3.C5H8O2.C4H5ClO2/c1-3-5-6-9-7(8)4-2;1-3-6(7)9-5-4-8-2;1-3-5(6)7-4-2;1-2-7-4(6)3-5/h4H,2-3,5-6H2,1H3;3H,1,4-5H2,2H3;3H,1,4H2,2H3;2H,1,3H2. The third-order valence-electron chi connectivity index (χ3n) is 2.38. The van der Waals surface area contributed by atoms with Crippen LogP contribution in [0, 0.1) is 0 Å². The summed E-state index contributed by atoms with van der Waals surface area (Å²) in [5.41, 5.74) is 0. The fourth-order valence-corrected chi connectivity index (χ4v) is 1.05. The third-order valence-corrected chi connectivity index (χ3v) is 2.60. The summed E-state index contributed by atoms with van der Waals surface area (Å²) in [4.78, 5) is 40.7. The Morgan fingerprint density at radius 2 is 1.25 bits per heavy atom. The molecule has 0 aliphatic rings. The van der Waals surface area contributed by atoms with Gasteiger partial charge in [-0.25, -0.2) is 14.4 Å². The molecule has 0 amide bonds. The van der Waals surface area contributed by atoms with E-state index in [4.69, 9.17) is 11.6 Å². The molecule has 0 unspecified atom stereocenters. The molecule has 0 aromatic rings. The fourth-order valence-electron chi connectivity index (χ4n) is 0.986. The first-order valence-corrected chi connectivity index (χ1v) is 10.0. The Hall–Kier alpha value is -2.91. The summed E-state index contributed by atoms with van der Waals surface area (Å²) in [5.74, 6) is -1.69. The molecule has 184 valence electrons. The first-order valence-electron chi connectivity index (χ1n) is 9.47. The lowest BCUT2D eigenvalue weighted by Crippen LogP contribution is -2.06. The van der Waals surface area contributed by atoms with Crippen LogP contribution in [0.25, 0.3) is 0 Å². The summed E-state index contributed by atoms with van der Waals surface area (Å²) in [7, 11) is 1.54. The maximum Gasteiger partial charge on any atom is 0.330 e. The predicted octanol–water partition coefficient (Wildman–Crippen LogP) is 3.53. The van der Waals surface area contributed by atoms with Gasteiger partial charge in [-0.05, 0) is 13.3 Å². The van der Waals surface area contributed by atoms with E-state index < -0.39 is 11.9 Å². The Balaban J connectivity index is -0.000000165. The molecule has 9 nitrogen and oxygen atoms in total. The zero-order valence-electron chi connectivity index (χ0n) is 19.1. The summed E-state index contributed by atoms with van der Waals surface area (Å²) < 4.78 is 22.5. The summed E-state index contributed by atoms with van der Waals surface area (Å²) in [6.07, 6.45) is 6.46. The van der Waals surface area contributed by atoms with E-state index in [2.05, 4.69) is 50.0 Å².